The lowest BCUT2D eigenvalue weighted by atomic mass is 9.99. The first-order valence-corrected chi connectivity index (χ1v) is 11.3. The first-order valence-electron chi connectivity index (χ1n) is 10.1. The third-order valence-corrected chi connectivity index (χ3v) is 6.59. The van der Waals surface area contributed by atoms with E-state index < -0.39 is 0 Å². The van der Waals surface area contributed by atoms with Crippen LogP contribution in [-0.2, 0) is 4.79 Å². The number of amides is 1. The highest BCUT2D eigenvalue weighted by molar-refractivity contribution is 8.26. The number of aryl methyl sites for hydroxylation is 1. The summed E-state index contributed by atoms with van der Waals surface area (Å²) in [5, 5.41) is 0. The summed E-state index contributed by atoms with van der Waals surface area (Å²) in [5.41, 5.74) is 3.28. The van der Waals surface area contributed by atoms with Gasteiger partial charge in [-0.3, -0.25) is 9.69 Å². The average Bonchev–Trinajstić information content (AvgIpc) is 2.99. The van der Waals surface area contributed by atoms with Gasteiger partial charge in [-0.15, -0.1) is 0 Å². The molecule has 6 heteroatoms. The van der Waals surface area contributed by atoms with E-state index in [-0.39, 0.29) is 5.91 Å². The maximum Gasteiger partial charge on any atom is 0.265 e. The molecule has 1 amide bonds. The summed E-state index contributed by atoms with van der Waals surface area (Å²) in [5.74, 6) is 2.02. The third-order valence-electron chi connectivity index (χ3n) is 5.11. The third kappa shape index (κ3) is 5.43. The molecule has 1 aliphatic heterocycles. The predicted octanol–water partition coefficient (Wildman–Crippen LogP) is 5.80. The Morgan fingerprint density at radius 1 is 1.13 bits per heavy atom. The lowest BCUT2D eigenvalue weighted by Crippen LogP contribution is -2.22. The molecular weight excluding hydrogens is 414 g/mol. The first-order chi connectivity index (χ1) is 14.4. The standard InChI is InChI=1S/C24H27NO3S2/c1-5-17(3)18-7-9-20(10-8-18)27-12-13-28-21-11-6-16(2)14-19(21)15-22-23(26)25(4)24(29)30-22/h6-11,14-15,17H,5,12-13H2,1-4H3/b22-15-/t17-/m1/s1. The molecule has 2 aromatic carbocycles. The van der Waals surface area contributed by atoms with Crippen LogP contribution in [0, 0.1) is 6.92 Å². The quantitative estimate of drug-likeness (QED) is 0.294. The molecule has 1 atom stereocenters. The zero-order valence-electron chi connectivity index (χ0n) is 17.8. The fraction of sp³-hybridized carbons (Fsp3) is 0.333. The number of carbonyl (C=O) groups excluding carboxylic acids is 1. The van der Waals surface area contributed by atoms with Crippen molar-refractivity contribution in [3.05, 3.63) is 64.1 Å². The van der Waals surface area contributed by atoms with Crippen LogP contribution in [0.5, 0.6) is 11.5 Å². The van der Waals surface area contributed by atoms with Crippen LogP contribution in [0.1, 0.15) is 42.9 Å². The van der Waals surface area contributed by atoms with Crippen LogP contribution >= 0.6 is 24.0 Å². The SMILES string of the molecule is CC[C@@H](C)c1ccc(OCCOc2ccc(C)cc2/C=C2\SC(=S)N(C)C2=O)cc1. The molecule has 0 N–H and O–H groups in total. The Morgan fingerprint density at radius 3 is 2.47 bits per heavy atom. The fourth-order valence-corrected chi connectivity index (χ4v) is 4.21. The number of rotatable bonds is 8. The van der Waals surface area contributed by atoms with Crippen molar-refractivity contribution in [2.24, 2.45) is 0 Å². The average molecular weight is 442 g/mol. The van der Waals surface area contributed by atoms with Crippen LogP contribution < -0.4 is 9.47 Å². The van der Waals surface area contributed by atoms with Gasteiger partial charge in [0, 0.05) is 12.6 Å². The summed E-state index contributed by atoms with van der Waals surface area (Å²) >= 11 is 6.52. The van der Waals surface area contributed by atoms with Gasteiger partial charge in [0.2, 0.25) is 0 Å². The maximum absolute atomic E-state index is 12.3. The topological polar surface area (TPSA) is 38.8 Å². The monoisotopic (exact) mass is 441 g/mol. The Labute approximate surface area is 188 Å². The van der Waals surface area contributed by atoms with Crippen LogP contribution in [0.3, 0.4) is 0 Å². The number of hydrogen-bond donors (Lipinski definition) is 0. The molecule has 0 bridgehead atoms. The molecule has 0 aromatic heterocycles. The zero-order chi connectivity index (χ0) is 21.7. The minimum absolute atomic E-state index is 0.0818. The fourth-order valence-electron chi connectivity index (χ4n) is 3.04. The number of likely N-dealkylation sites (N-methyl/N-ethyl adjacent to an activating group) is 1. The molecule has 30 heavy (non-hydrogen) atoms. The van der Waals surface area contributed by atoms with Gasteiger partial charge in [0.25, 0.3) is 5.91 Å². The van der Waals surface area contributed by atoms with Crippen molar-refractivity contribution in [2.45, 2.75) is 33.1 Å². The highest BCUT2D eigenvalue weighted by Crippen LogP contribution is 2.33. The number of nitrogens with zero attached hydrogens (tertiary/aromatic N) is 1. The highest BCUT2D eigenvalue weighted by atomic mass is 32.2. The molecule has 158 valence electrons. The Hall–Kier alpha value is -2.31. The van der Waals surface area contributed by atoms with Crippen molar-refractivity contribution in [3.63, 3.8) is 0 Å². The molecule has 1 heterocycles. The summed E-state index contributed by atoms with van der Waals surface area (Å²) < 4.78 is 12.3. The molecule has 1 aliphatic rings. The second-order valence-electron chi connectivity index (χ2n) is 7.36. The summed E-state index contributed by atoms with van der Waals surface area (Å²) in [4.78, 5) is 14.4. The summed E-state index contributed by atoms with van der Waals surface area (Å²) in [6.45, 7) is 7.27. The van der Waals surface area contributed by atoms with Gasteiger partial charge in [-0.25, -0.2) is 0 Å². The smallest absolute Gasteiger partial charge is 0.265 e. The molecule has 0 radical (unpaired) electrons. The van der Waals surface area contributed by atoms with Gasteiger partial charge in [-0.2, -0.15) is 0 Å². The number of hydrogen-bond acceptors (Lipinski definition) is 5. The molecule has 0 aliphatic carbocycles. The highest BCUT2D eigenvalue weighted by Gasteiger charge is 2.28. The summed E-state index contributed by atoms with van der Waals surface area (Å²) in [6, 6.07) is 14.2. The van der Waals surface area contributed by atoms with Crippen LogP contribution in [0.25, 0.3) is 6.08 Å². The second-order valence-corrected chi connectivity index (χ2v) is 9.03. The Balaban J connectivity index is 1.61. The number of thioether (sulfide) groups is 1. The van der Waals surface area contributed by atoms with E-state index in [1.165, 1.54) is 22.2 Å². The van der Waals surface area contributed by atoms with Crippen molar-refractivity contribution in [1.82, 2.24) is 4.90 Å². The van der Waals surface area contributed by atoms with Crippen molar-refractivity contribution in [2.75, 3.05) is 20.3 Å². The van der Waals surface area contributed by atoms with E-state index in [9.17, 15) is 4.79 Å². The zero-order valence-corrected chi connectivity index (χ0v) is 19.4. The molecular formula is C24H27NO3S2. The lowest BCUT2D eigenvalue weighted by molar-refractivity contribution is -0.121. The minimum Gasteiger partial charge on any atom is -0.490 e. The van der Waals surface area contributed by atoms with Crippen molar-refractivity contribution < 1.29 is 14.3 Å². The molecule has 2 aromatic rings. The Kier molecular flexibility index (Phi) is 7.56. The lowest BCUT2D eigenvalue weighted by Gasteiger charge is -2.13. The number of thiocarbonyl (C=S) groups is 1. The summed E-state index contributed by atoms with van der Waals surface area (Å²) in [6.07, 6.45) is 2.97. The van der Waals surface area contributed by atoms with Crippen LogP contribution in [0.2, 0.25) is 0 Å². The van der Waals surface area contributed by atoms with Crippen molar-refractivity contribution in [1.29, 1.82) is 0 Å². The normalized spacial score (nSPS) is 16.3. The molecule has 4 nitrogen and oxygen atoms in total. The molecule has 0 unspecified atom stereocenters. The van der Waals surface area contributed by atoms with Gasteiger partial charge in [0.05, 0.1) is 4.91 Å². The van der Waals surface area contributed by atoms with Gasteiger partial charge in [-0.1, -0.05) is 61.6 Å². The molecule has 1 fully saturated rings. The second kappa shape index (κ2) is 10.1. The first kappa shape index (κ1) is 22.4. The number of carbonyl (C=O) groups is 1. The van der Waals surface area contributed by atoms with Crippen LogP contribution in [-0.4, -0.2) is 35.4 Å². The minimum atomic E-state index is -0.0818. The molecule has 1 saturated heterocycles. The van der Waals surface area contributed by atoms with E-state index >= 15 is 0 Å². The van der Waals surface area contributed by atoms with Crippen LogP contribution in [0.4, 0.5) is 0 Å². The van der Waals surface area contributed by atoms with Gasteiger partial charge in [0.15, 0.2) is 0 Å². The maximum atomic E-state index is 12.3. The van der Waals surface area contributed by atoms with Crippen molar-refractivity contribution >= 4 is 40.3 Å². The van der Waals surface area contributed by atoms with E-state index in [1.54, 1.807) is 7.05 Å². The van der Waals surface area contributed by atoms with E-state index in [4.69, 9.17) is 21.7 Å². The number of ether oxygens (including phenoxy) is 2. The Morgan fingerprint density at radius 2 is 1.83 bits per heavy atom. The van der Waals surface area contributed by atoms with Gasteiger partial charge in [0.1, 0.15) is 29.0 Å². The number of benzene rings is 2. The van der Waals surface area contributed by atoms with E-state index in [0.29, 0.717) is 28.4 Å². The molecule has 0 saturated carbocycles. The van der Waals surface area contributed by atoms with Gasteiger partial charge in [-0.05, 0) is 55.2 Å². The Bertz CT molecular complexity index is 953. The predicted molar refractivity (Wildman–Crippen MR) is 128 cm³/mol. The van der Waals surface area contributed by atoms with Crippen molar-refractivity contribution in [3.8, 4) is 11.5 Å². The van der Waals surface area contributed by atoms with E-state index in [2.05, 4.69) is 26.0 Å². The van der Waals surface area contributed by atoms with E-state index in [0.717, 1.165) is 29.0 Å². The summed E-state index contributed by atoms with van der Waals surface area (Å²) in [7, 11) is 1.69. The van der Waals surface area contributed by atoms with E-state index in [1.807, 2.05) is 43.3 Å². The molecule has 3 rings (SSSR count). The largest absolute Gasteiger partial charge is 0.490 e. The van der Waals surface area contributed by atoms with Gasteiger partial charge < -0.3 is 9.47 Å². The van der Waals surface area contributed by atoms with Gasteiger partial charge >= 0.3 is 0 Å². The van der Waals surface area contributed by atoms with Crippen LogP contribution in [0.15, 0.2) is 47.4 Å². The molecule has 0 spiro atoms.